The normalized spacial score (nSPS) is 23.2. The molecule has 0 bridgehead atoms. The minimum Gasteiger partial charge on any atom is -0.370 e. The van der Waals surface area contributed by atoms with Crippen molar-refractivity contribution in [1.29, 1.82) is 0 Å². The molecule has 2 saturated heterocycles. The summed E-state index contributed by atoms with van der Waals surface area (Å²) in [5.41, 5.74) is -0.122. The lowest BCUT2D eigenvalue weighted by atomic mass is 10.0. The summed E-state index contributed by atoms with van der Waals surface area (Å²) < 4.78 is 39.7. The molecule has 2 aliphatic heterocycles. The Morgan fingerprint density at radius 1 is 1.12 bits per heavy atom. The zero-order valence-corrected chi connectivity index (χ0v) is 13.2. The largest absolute Gasteiger partial charge is 0.418 e. The van der Waals surface area contributed by atoms with Gasteiger partial charge in [-0.25, -0.2) is 0 Å². The lowest BCUT2D eigenvalue weighted by Gasteiger charge is -2.25. The average Bonchev–Trinajstić information content (AvgIpc) is 3.29. The Morgan fingerprint density at radius 2 is 1.80 bits per heavy atom. The van der Waals surface area contributed by atoms with Crippen molar-refractivity contribution in [1.82, 2.24) is 20.3 Å². The van der Waals surface area contributed by atoms with Crippen molar-refractivity contribution in [2.24, 2.45) is 11.8 Å². The number of rotatable bonds is 2. The molecule has 1 aromatic heterocycles. The predicted molar refractivity (Wildman–Crippen MR) is 82.9 cm³/mol. The van der Waals surface area contributed by atoms with Crippen LogP contribution in [0.2, 0.25) is 0 Å². The highest BCUT2D eigenvalue weighted by atomic mass is 19.4. The van der Waals surface area contributed by atoms with E-state index in [9.17, 15) is 18.0 Å². The highest BCUT2D eigenvalue weighted by molar-refractivity contribution is 5.92. The van der Waals surface area contributed by atoms with Gasteiger partial charge >= 0.3 is 6.18 Å². The molecule has 4 rings (SSSR count). The number of hydrogen-bond acceptors (Lipinski definition) is 4. The van der Waals surface area contributed by atoms with E-state index in [4.69, 9.17) is 0 Å². The Balaban J connectivity index is 1.48. The van der Waals surface area contributed by atoms with Gasteiger partial charge in [0.25, 0.3) is 5.91 Å². The molecule has 1 amide bonds. The molecule has 3 heterocycles. The molecule has 1 aromatic carbocycles. The lowest BCUT2D eigenvalue weighted by Crippen LogP contribution is -2.34. The fourth-order valence-corrected chi connectivity index (χ4v) is 3.81. The van der Waals surface area contributed by atoms with Crippen LogP contribution < -0.4 is 4.90 Å². The number of aromatic amines is 1. The van der Waals surface area contributed by atoms with E-state index < -0.39 is 11.7 Å². The zero-order chi connectivity index (χ0) is 17.6. The molecule has 0 radical (unpaired) electrons. The van der Waals surface area contributed by atoms with Gasteiger partial charge in [-0.15, -0.1) is 5.10 Å². The lowest BCUT2D eigenvalue weighted by molar-refractivity contribution is -0.137. The molecule has 25 heavy (non-hydrogen) atoms. The third-order valence-corrected chi connectivity index (χ3v) is 4.96. The summed E-state index contributed by atoms with van der Waals surface area (Å²) in [6.07, 6.45) is -2.93. The van der Waals surface area contributed by atoms with Gasteiger partial charge < -0.3 is 9.80 Å². The van der Waals surface area contributed by atoms with Crippen molar-refractivity contribution in [2.45, 2.75) is 6.18 Å². The first-order valence-corrected chi connectivity index (χ1v) is 8.00. The number of halogens is 3. The Morgan fingerprint density at radius 3 is 2.40 bits per heavy atom. The topological polar surface area (TPSA) is 65.1 Å². The molecule has 0 unspecified atom stereocenters. The summed E-state index contributed by atoms with van der Waals surface area (Å²) in [5.74, 6) is 0.139. The van der Waals surface area contributed by atoms with Crippen LogP contribution in [-0.4, -0.2) is 52.4 Å². The molecule has 2 aliphatic rings. The number of para-hydroxylation sites is 1. The monoisotopic (exact) mass is 351 g/mol. The number of carbonyl (C=O) groups is 1. The van der Waals surface area contributed by atoms with Gasteiger partial charge in [-0.2, -0.15) is 13.2 Å². The van der Waals surface area contributed by atoms with Gasteiger partial charge in [0.05, 0.1) is 11.8 Å². The number of nitrogens with zero attached hydrogens (tertiary/aromatic N) is 4. The molecule has 0 aliphatic carbocycles. The summed E-state index contributed by atoms with van der Waals surface area (Å²) >= 11 is 0. The first kappa shape index (κ1) is 15.9. The predicted octanol–water partition coefficient (Wildman–Crippen LogP) is 2.03. The molecule has 132 valence electrons. The van der Waals surface area contributed by atoms with Crippen LogP contribution in [-0.2, 0) is 6.18 Å². The summed E-state index contributed by atoms with van der Waals surface area (Å²) in [6.45, 7) is 2.09. The van der Waals surface area contributed by atoms with E-state index in [1.807, 2.05) is 0 Å². The zero-order valence-electron chi connectivity index (χ0n) is 13.2. The minimum absolute atomic E-state index is 0.164. The summed E-state index contributed by atoms with van der Waals surface area (Å²) in [6, 6.07) is 5.66. The van der Waals surface area contributed by atoms with Crippen molar-refractivity contribution in [3.8, 4) is 0 Å². The van der Waals surface area contributed by atoms with E-state index in [1.54, 1.807) is 15.9 Å². The number of hydrogen-bond donors (Lipinski definition) is 1. The maximum absolute atomic E-state index is 13.2. The SMILES string of the molecule is O=C(c1c[nH]nn1)N1C[C@@H]2CN(c3ccccc3C(F)(F)F)C[C@@H]2C1. The first-order valence-electron chi connectivity index (χ1n) is 8.00. The number of alkyl halides is 3. The number of fused-ring (bicyclic) bond motifs is 1. The molecule has 2 atom stereocenters. The number of H-pyrrole nitrogens is 1. The quantitative estimate of drug-likeness (QED) is 0.899. The van der Waals surface area contributed by atoms with Crippen LogP contribution in [0.5, 0.6) is 0 Å². The third kappa shape index (κ3) is 2.83. The Kier molecular flexibility index (Phi) is 3.66. The van der Waals surface area contributed by atoms with Crippen molar-refractivity contribution in [3.63, 3.8) is 0 Å². The van der Waals surface area contributed by atoms with Crippen LogP contribution in [0.3, 0.4) is 0 Å². The molecule has 2 fully saturated rings. The average molecular weight is 351 g/mol. The summed E-state index contributed by atoms with van der Waals surface area (Å²) in [7, 11) is 0. The Bertz CT molecular complexity index is 762. The van der Waals surface area contributed by atoms with E-state index in [-0.39, 0.29) is 29.1 Å². The van der Waals surface area contributed by atoms with Crippen molar-refractivity contribution in [2.75, 3.05) is 31.1 Å². The highest BCUT2D eigenvalue weighted by Gasteiger charge is 2.44. The number of carbonyl (C=O) groups excluding carboxylic acids is 1. The Labute approximate surface area is 141 Å². The standard InChI is InChI=1S/C16H16F3N5O/c17-16(18,19)12-3-1-2-4-14(12)23-6-10-8-24(9-11(10)7-23)15(25)13-5-20-22-21-13/h1-5,10-11H,6-9H2,(H,20,21,22)/t10-,11+. The van der Waals surface area contributed by atoms with E-state index in [2.05, 4.69) is 15.4 Å². The number of benzene rings is 1. The van der Waals surface area contributed by atoms with Gasteiger partial charge in [0.15, 0.2) is 5.69 Å². The van der Waals surface area contributed by atoms with E-state index in [0.29, 0.717) is 26.2 Å². The fourth-order valence-electron chi connectivity index (χ4n) is 3.81. The van der Waals surface area contributed by atoms with Gasteiger partial charge in [-0.05, 0) is 12.1 Å². The molecule has 9 heteroatoms. The summed E-state index contributed by atoms with van der Waals surface area (Å²) in [4.78, 5) is 15.8. The van der Waals surface area contributed by atoms with E-state index >= 15 is 0 Å². The second-order valence-electron chi connectivity index (χ2n) is 6.51. The number of amides is 1. The van der Waals surface area contributed by atoms with Gasteiger partial charge in [-0.1, -0.05) is 17.3 Å². The highest BCUT2D eigenvalue weighted by Crippen LogP contribution is 2.40. The van der Waals surface area contributed by atoms with Crippen LogP contribution in [0.15, 0.2) is 30.5 Å². The van der Waals surface area contributed by atoms with Crippen molar-refractivity contribution < 1.29 is 18.0 Å². The van der Waals surface area contributed by atoms with Crippen molar-refractivity contribution in [3.05, 3.63) is 41.7 Å². The fraction of sp³-hybridized carbons (Fsp3) is 0.438. The first-order chi connectivity index (χ1) is 11.9. The van der Waals surface area contributed by atoms with Gasteiger partial charge in [0.1, 0.15) is 0 Å². The smallest absolute Gasteiger partial charge is 0.370 e. The van der Waals surface area contributed by atoms with E-state index in [0.717, 1.165) is 6.07 Å². The molecule has 6 nitrogen and oxygen atoms in total. The van der Waals surface area contributed by atoms with Crippen LogP contribution in [0.25, 0.3) is 0 Å². The molecular formula is C16H16F3N5O. The summed E-state index contributed by atoms with van der Waals surface area (Å²) in [5, 5.41) is 9.77. The second kappa shape index (κ2) is 5.75. The van der Waals surface area contributed by atoms with Crippen molar-refractivity contribution >= 4 is 11.6 Å². The van der Waals surface area contributed by atoms with Gasteiger partial charge in [-0.3, -0.25) is 9.89 Å². The maximum Gasteiger partial charge on any atom is 0.418 e. The third-order valence-electron chi connectivity index (χ3n) is 4.96. The molecule has 1 N–H and O–H groups in total. The van der Waals surface area contributed by atoms with Crippen LogP contribution in [0, 0.1) is 11.8 Å². The van der Waals surface area contributed by atoms with Crippen LogP contribution in [0.1, 0.15) is 16.1 Å². The number of likely N-dealkylation sites (tertiary alicyclic amines) is 1. The van der Waals surface area contributed by atoms with Gasteiger partial charge in [0, 0.05) is 43.7 Å². The number of aromatic nitrogens is 3. The number of anilines is 1. The molecular weight excluding hydrogens is 335 g/mol. The molecule has 0 saturated carbocycles. The van der Waals surface area contributed by atoms with Gasteiger partial charge in [0.2, 0.25) is 0 Å². The van der Waals surface area contributed by atoms with Crippen LogP contribution >= 0.6 is 0 Å². The maximum atomic E-state index is 13.2. The van der Waals surface area contributed by atoms with E-state index in [1.165, 1.54) is 18.3 Å². The Hall–Kier alpha value is -2.58. The number of nitrogens with one attached hydrogen (secondary N) is 1. The van der Waals surface area contributed by atoms with Crippen LogP contribution in [0.4, 0.5) is 18.9 Å². The molecule has 2 aromatic rings. The molecule has 0 spiro atoms. The minimum atomic E-state index is -4.37. The second-order valence-corrected chi connectivity index (χ2v) is 6.51.